The molecule has 40 heavy (non-hydrogen) atoms. The topological polar surface area (TPSA) is 200 Å². The highest BCUT2D eigenvalue weighted by Gasteiger charge is 2.21. The zero-order valence-electron chi connectivity index (χ0n) is 21.5. The number of carboxylic acid groups (broad SMARTS) is 1. The number of piperazine rings is 1. The molecule has 1 saturated heterocycles. The van der Waals surface area contributed by atoms with Crippen LogP contribution >= 0.6 is 0 Å². The summed E-state index contributed by atoms with van der Waals surface area (Å²) in [6.45, 7) is 2.06. The molecule has 1 fully saturated rings. The SMILES string of the molecule is N=C(N)c1cccc(C(=O)N(CC(=O)O)c2ccccc2)c1.NC(=O)N1CCN(c2ccc([N+](=O)[O-])cc2)CC1. The molecular formula is C27H29N7O6. The lowest BCUT2D eigenvalue weighted by atomic mass is 10.1. The predicted octanol–water partition coefficient (Wildman–Crippen LogP) is 2.50. The van der Waals surface area contributed by atoms with E-state index < -0.39 is 29.4 Å². The molecule has 0 saturated carbocycles. The van der Waals surface area contributed by atoms with E-state index in [-0.39, 0.29) is 17.1 Å². The third kappa shape index (κ3) is 7.77. The van der Waals surface area contributed by atoms with Crippen LogP contribution in [0.25, 0.3) is 0 Å². The Labute approximate surface area is 229 Å². The van der Waals surface area contributed by atoms with Crippen molar-refractivity contribution in [3.8, 4) is 0 Å². The highest BCUT2D eigenvalue weighted by Crippen LogP contribution is 2.21. The van der Waals surface area contributed by atoms with Gasteiger partial charge in [-0.3, -0.25) is 30.0 Å². The fourth-order valence-corrected chi connectivity index (χ4v) is 3.97. The van der Waals surface area contributed by atoms with Crippen molar-refractivity contribution in [1.82, 2.24) is 4.90 Å². The number of nitro groups is 1. The Kier molecular flexibility index (Phi) is 9.73. The van der Waals surface area contributed by atoms with Crippen LogP contribution in [0.2, 0.25) is 0 Å². The summed E-state index contributed by atoms with van der Waals surface area (Å²) in [4.78, 5) is 49.6. The smallest absolute Gasteiger partial charge is 0.323 e. The van der Waals surface area contributed by atoms with E-state index in [1.165, 1.54) is 23.1 Å². The molecule has 13 heteroatoms. The molecule has 0 spiro atoms. The first-order valence-corrected chi connectivity index (χ1v) is 12.1. The van der Waals surface area contributed by atoms with Crippen LogP contribution in [0.15, 0.2) is 78.9 Å². The number of hydrogen-bond donors (Lipinski definition) is 4. The van der Waals surface area contributed by atoms with Crippen molar-refractivity contribution in [1.29, 1.82) is 5.41 Å². The summed E-state index contributed by atoms with van der Waals surface area (Å²) in [6, 6.07) is 20.8. The molecule has 0 atom stereocenters. The van der Waals surface area contributed by atoms with Crippen LogP contribution in [0.4, 0.5) is 21.9 Å². The number of nitrogens with two attached hydrogens (primary N) is 2. The van der Waals surface area contributed by atoms with Gasteiger partial charge in [-0.2, -0.15) is 0 Å². The Morgan fingerprint density at radius 1 is 0.900 bits per heavy atom. The molecular weight excluding hydrogens is 518 g/mol. The number of carbonyl (C=O) groups excluding carboxylic acids is 2. The summed E-state index contributed by atoms with van der Waals surface area (Å²) < 4.78 is 0. The zero-order chi connectivity index (χ0) is 29.2. The number of carboxylic acids is 1. The molecule has 3 aromatic carbocycles. The van der Waals surface area contributed by atoms with Gasteiger partial charge >= 0.3 is 12.0 Å². The number of carbonyl (C=O) groups is 3. The average Bonchev–Trinajstić information content (AvgIpc) is 2.96. The van der Waals surface area contributed by atoms with Crippen LogP contribution in [0.1, 0.15) is 15.9 Å². The van der Waals surface area contributed by atoms with Gasteiger partial charge in [0.15, 0.2) is 0 Å². The Bertz CT molecular complexity index is 1370. The molecule has 1 aliphatic heterocycles. The maximum absolute atomic E-state index is 12.6. The molecule has 1 heterocycles. The fraction of sp³-hybridized carbons (Fsp3) is 0.185. The minimum atomic E-state index is -1.11. The number of nitrogen functional groups attached to an aromatic ring is 1. The van der Waals surface area contributed by atoms with Gasteiger partial charge in [0.1, 0.15) is 12.4 Å². The summed E-state index contributed by atoms with van der Waals surface area (Å²) in [6.07, 6.45) is 0. The molecule has 0 unspecified atom stereocenters. The minimum Gasteiger partial charge on any atom is -0.480 e. The number of anilines is 2. The number of primary amides is 1. The van der Waals surface area contributed by atoms with E-state index in [4.69, 9.17) is 22.0 Å². The normalized spacial score (nSPS) is 12.5. The maximum atomic E-state index is 12.6. The fourth-order valence-electron chi connectivity index (χ4n) is 3.97. The van der Waals surface area contributed by atoms with E-state index in [0.29, 0.717) is 37.4 Å². The molecule has 0 radical (unpaired) electrons. The number of aliphatic carboxylic acids is 1. The molecule has 3 aromatic rings. The number of amides is 3. The van der Waals surface area contributed by atoms with Gasteiger partial charge in [0.25, 0.3) is 11.6 Å². The van der Waals surface area contributed by atoms with Gasteiger partial charge in [-0.05, 0) is 36.4 Å². The quantitative estimate of drug-likeness (QED) is 0.149. The van der Waals surface area contributed by atoms with E-state index >= 15 is 0 Å². The third-order valence-electron chi connectivity index (χ3n) is 6.04. The second-order valence-corrected chi connectivity index (χ2v) is 8.70. The standard InChI is InChI=1S/C16H15N3O3.C11H14N4O3/c17-15(18)11-5-4-6-12(9-11)16(22)19(10-14(20)21)13-7-2-1-3-8-13;12-11(16)14-7-5-13(6-8-14)9-1-3-10(4-2-9)15(17)18/h1-9H,10H2,(H3,17,18)(H,20,21);1-4H,5-8H2,(H2,12,16). The van der Waals surface area contributed by atoms with Crippen molar-refractivity contribution in [3.05, 3.63) is 100 Å². The molecule has 4 rings (SSSR count). The number of para-hydroxylation sites is 1. The van der Waals surface area contributed by atoms with E-state index in [2.05, 4.69) is 4.90 Å². The van der Waals surface area contributed by atoms with E-state index in [9.17, 15) is 24.5 Å². The van der Waals surface area contributed by atoms with Gasteiger partial charge in [0, 0.05) is 60.8 Å². The van der Waals surface area contributed by atoms with Crippen molar-refractivity contribution in [3.63, 3.8) is 0 Å². The molecule has 3 amide bonds. The largest absolute Gasteiger partial charge is 0.480 e. The van der Waals surface area contributed by atoms with Gasteiger partial charge in [-0.25, -0.2) is 4.79 Å². The number of nitrogens with zero attached hydrogens (tertiary/aromatic N) is 4. The molecule has 6 N–H and O–H groups in total. The number of nitrogens with one attached hydrogen (secondary N) is 1. The van der Waals surface area contributed by atoms with Gasteiger partial charge in [-0.1, -0.05) is 30.3 Å². The van der Waals surface area contributed by atoms with Gasteiger partial charge < -0.3 is 26.4 Å². The predicted molar refractivity (Wildman–Crippen MR) is 150 cm³/mol. The van der Waals surface area contributed by atoms with Crippen molar-refractivity contribution in [2.75, 3.05) is 42.5 Å². The molecule has 0 aromatic heterocycles. The average molecular weight is 548 g/mol. The highest BCUT2D eigenvalue weighted by atomic mass is 16.6. The molecule has 0 aliphatic carbocycles. The van der Waals surface area contributed by atoms with Crippen LogP contribution in [0.3, 0.4) is 0 Å². The lowest BCUT2D eigenvalue weighted by Gasteiger charge is -2.35. The van der Waals surface area contributed by atoms with Crippen LogP contribution < -0.4 is 21.3 Å². The van der Waals surface area contributed by atoms with Gasteiger partial charge in [0.05, 0.1) is 4.92 Å². The van der Waals surface area contributed by atoms with Gasteiger partial charge in [-0.15, -0.1) is 0 Å². The number of non-ortho nitro benzene ring substituents is 1. The second kappa shape index (κ2) is 13.4. The Morgan fingerprint density at radius 2 is 1.50 bits per heavy atom. The first-order chi connectivity index (χ1) is 19.1. The number of nitro benzene ring substituents is 1. The molecule has 1 aliphatic rings. The number of urea groups is 1. The first-order valence-electron chi connectivity index (χ1n) is 12.1. The minimum absolute atomic E-state index is 0.0783. The molecule has 208 valence electrons. The number of hydrogen-bond acceptors (Lipinski definition) is 7. The summed E-state index contributed by atoms with van der Waals surface area (Å²) in [5.74, 6) is -1.73. The van der Waals surface area contributed by atoms with Crippen LogP contribution in [-0.2, 0) is 4.79 Å². The summed E-state index contributed by atoms with van der Waals surface area (Å²) >= 11 is 0. The van der Waals surface area contributed by atoms with E-state index in [1.54, 1.807) is 65.6 Å². The van der Waals surface area contributed by atoms with E-state index in [1.807, 2.05) is 0 Å². The molecule has 13 nitrogen and oxygen atoms in total. The Balaban J connectivity index is 0.000000225. The monoisotopic (exact) mass is 547 g/mol. The second-order valence-electron chi connectivity index (χ2n) is 8.70. The summed E-state index contributed by atoms with van der Waals surface area (Å²) in [5, 5.41) is 27.0. The van der Waals surface area contributed by atoms with Crippen molar-refractivity contribution in [2.45, 2.75) is 0 Å². The van der Waals surface area contributed by atoms with Gasteiger partial charge in [0.2, 0.25) is 0 Å². The van der Waals surface area contributed by atoms with Crippen LogP contribution in [-0.4, -0.2) is 71.4 Å². The molecule has 0 bridgehead atoms. The third-order valence-corrected chi connectivity index (χ3v) is 6.04. The van der Waals surface area contributed by atoms with Crippen molar-refractivity contribution >= 4 is 40.8 Å². The maximum Gasteiger partial charge on any atom is 0.323 e. The number of rotatable bonds is 7. The van der Waals surface area contributed by atoms with Crippen molar-refractivity contribution in [2.24, 2.45) is 11.5 Å². The van der Waals surface area contributed by atoms with Crippen molar-refractivity contribution < 1.29 is 24.4 Å². The summed E-state index contributed by atoms with van der Waals surface area (Å²) in [7, 11) is 0. The van der Waals surface area contributed by atoms with E-state index in [0.717, 1.165) is 5.69 Å². The first kappa shape index (κ1) is 29.1. The lowest BCUT2D eigenvalue weighted by molar-refractivity contribution is -0.384. The number of amidine groups is 1. The zero-order valence-corrected chi connectivity index (χ0v) is 21.5. The van der Waals surface area contributed by atoms with Crippen LogP contribution in [0.5, 0.6) is 0 Å². The Hall–Kier alpha value is -5.46. The van der Waals surface area contributed by atoms with Crippen LogP contribution in [0, 0.1) is 15.5 Å². The summed E-state index contributed by atoms with van der Waals surface area (Å²) in [5.41, 5.74) is 12.8. The lowest BCUT2D eigenvalue weighted by Crippen LogP contribution is -2.50. The highest BCUT2D eigenvalue weighted by molar-refractivity contribution is 6.09. The Morgan fingerprint density at radius 3 is 2.02 bits per heavy atom. The number of benzene rings is 3.